The SMILES string of the molecule is CC(C)(C)OC(=O)c1ccc(-c2cc(N)cc(OCC(F)(F)F)c2)cc1. The third-order valence-electron chi connectivity index (χ3n) is 3.18. The monoisotopic (exact) mass is 367 g/mol. The number of benzene rings is 2. The molecule has 0 aliphatic carbocycles. The molecule has 7 heteroatoms. The molecule has 4 nitrogen and oxygen atoms in total. The Labute approximate surface area is 149 Å². The van der Waals surface area contributed by atoms with Crippen molar-refractivity contribution in [2.24, 2.45) is 0 Å². The molecule has 0 saturated carbocycles. The second-order valence-electron chi connectivity index (χ2n) is 6.77. The van der Waals surface area contributed by atoms with E-state index in [-0.39, 0.29) is 11.4 Å². The topological polar surface area (TPSA) is 61.5 Å². The zero-order valence-electron chi connectivity index (χ0n) is 14.7. The summed E-state index contributed by atoms with van der Waals surface area (Å²) in [6.07, 6.45) is -4.43. The number of rotatable bonds is 4. The highest BCUT2D eigenvalue weighted by atomic mass is 19.4. The molecule has 0 fully saturated rings. The van der Waals surface area contributed by atoms with Gasteiger partial charge in [-0.15, -0.1) is 0 Å². The van der Waals surface area contributed by atoms with Gasteiger partial charge in [0.05, 0.1) is 5.56 Å². The van der Waals surface area contributed by atoms with E-state index in [0.29, 0.717) is 16.7 Å². The molecule has 0 amide bonds. The molecule has 0 aliphatic rings. The second-order valence-corrected chi connectivity index (χ2v) is 6.77. The Bertz CT molecular complexity index is 778. The van der Waals surface area contributed by atoms with Gasteiger partial charge in [-0.05, 0) is 56.2 Å². The summed E-state index contributed by atoms with van der Waals surface area (Å²) >= 11 is 0. The van der Waals surface area contributed by atoms with E-state index in [4.69, 9.17) is 15.2 Å². The van der Waals surface area contributed by atoms with Crippen LogP contribution in [-0.2, 0) is 4.74 Å². The lowest BCUT2D eigenvalue weighted by molar-refractivity contribution is -0.153. The molecule has 2 N–H and O–H groups in total. The number of nitrogen functional groups attached to an aromatic ring is 1. The minimum atomic E-state index is -4.43. The molecule has 0 heterocycles. The average molecular weight is 367 g/mol. The summed E-state index contributed by atoms with van der Waals surface area (Å²) in [6, 6.07) is 10.9. The van der Waals surface area contributed by atoms with Crippen molar-refractivity contribution in [3.8, 4) is 16.9 Å². The van der Waals surface area contributed by atoms with Gasteiger partial charge in [0.1, 0.15) is 11.4 Å². The largest absolute Gasteiger partial charge is 0.484 e. The van der Waals surface area contributed by atoms with E-state index in [1.54, 1.807) is 51.1 Å². The average Bonchev–Trinajstić information content (AvgIpc) is 2.50. The van der Waals surface area contributed by atoms with Crippen LogP contribution >= 0.6 is 0 Å². The number of anilines is 1. The molecule has 2 aromatic rings. The van der Waals surface area contributed by atoms with Crippen LogP contribution < -0.4 is 10.5 Å². The summed E-state index contributed by atoms with van der Waals surface area (Å²) in [4.78, 5) is 12.0. The summed E-state index contributed by atoms with van der Waals surface area (Å²) in [5.41, 5.74) is 7.06. The van der Waals surface area contributed by atoms with Gasteiger partial charge in [0.25, 0.3) is 0 Å². The molecule has 2 rings (SSSR count). The van der Waals surface area contributed by atoms with E-state index in [9.17, 15) is 18.0 Å². The van der Waals surface area contributed by atoms with Crippen molar-refractivity contribution in [3.05, 3.63) is 48.0 Å². The van der Waals surface area contributed by atoms with E-state index in [2.05, 4.69) is 0 Å². The highest BCUT2D eigenvalue weighted by molar-refractivity contribution is 5.90. The number of halogens is 3. The Hall–Kier alpha value is -2.70. The number of alkyl halides is 3. The maximum absolute atomic E-state index is 12.3. The van der Waals surface area contributed by atoms with Crippen molar-refractivity contribution in [3.63, 3.8) is 0 Å². The number of hydrogen-bond donors (Lipinski definition) is 1. The van der Waals surface area contributed by atoms with E-state index in [1.165, 1.54) is 12.1 Å². The summed E-state index contributed by atoms with van der Waals surface area (Å²) in [7, 11) is 0. The molecule has 0 aromatic heterocycles. The van der Waals surface area contributed by atoms with Crippen LogP contribution in [0.15, 0.2) is 42.5 Å². The van der Waals surface area contributed by atoms with Gasteiger partial charge in [-0.3, -0.25) is 0 Å². The zero-order chi connectivity index (χ0) is 19.5. The van der Waals surface area contributed by atoms with Crippen LogP contribution in [0.1, 0.15) is 31.1 Å². The van der Waals surface area contributed by atoms with E-state index < -0.39 is 24.4 Å². The highest BCUT2D eigenvalue weighted by Crippen LogP contribution is 2.29. The Balaban J connectivity index is 2.20. The minimum Gasteiger partial charge on any atom is -0.484 e. The van der Waals surface area contributed by atoms with Crippen molar-refractivity contribution in [1.82, 2.24) is 0 Å². The number of ether oxygens (including phenoxy) is 2. The van der Waals surface area contributed by atoms with Crippen LogP contribution in [0, 0.1) is 0 Å². The van der Waals surface area contributed by atoms with Crippen LogP contribution in [0.4, 0.5) is 18.9 Å². The highest BCUT2D eigenvalue weighted by Gasteiger charge is 2.28. The molecule has 26 heavy (non-hydrogen) atoms. The number of carbonyl (C=O) groups excluding carboxylic acids is 1. The standard InChI is InChI=1S/C19H20F3NO3/c1-18(2,3)26-17(24)13-6-4-12(5-7-13)14-8-15(23)10-16(9-14)25-11-19(20,21)22/h4-10H,11,23H2,1-3H3. The van der Waals surface area contributed by atoms with Crippen molar-refractivity contribution in [2.75, 3.05) is 12.3 Å². The van der Waals surface area contributed by atoms with Gasteiger partial charge < -0.3 is 15.2 Å². The Morgan fingerprint density at radius 1 is 1.00 bits per heavy atom. The minimum absolute atomic E-state index is 0.0218. The second kappa shape index (κ2) is 7.27. The summed E-state index contributed by atoms with van der Waals surface area (Å²) in [6.45, 7) is 3.92. The van der Waals surface area contributed by atoms with Gasteiger partial charge in [0.2, 0.25) is 0 Å². The molecule has 2 aromatic carbocycles. The molecule has 140 valence electrons. The van der Waals surface area contributed by atoms with Gasteiger partial charge in [-0.2, -0.15) is 13.2 Å². The fourth-order valence-corrected chi connectivity index (χ4v) is 2.17. The molecule has 0 bridgehead atoms. The molecule has 0 spiro atoms. The molecule has 0 atom stereocenters. The van der Waals surface area contributed by atoms with Gasteiger partial charge >= 0.3 is 12.1 Å². The van der Waals surface area contributed by atoms with Crippen molar-refractivity contribution in [1.29, 1.82) is 0 Å². The fourth-order valence-electron chi connectivity index (χ4n) is 2.17. The van der Waals surface area contributed by atoms with Crippen LogP contribution in [0.2, 0.25) is 0 Å². The van der Waals surface area contributed by atoms with Crippen LogP contribution in [0.5, 0.6) is 5.75 Å². The Kier molecular flexibility index (Phi) is 5.49. The molecule has 0 unspecified atom stereocenters. The lowest BCUT2D eigenvalue weighted by Crippen LogP contribution is -2.23. The molecule has 0 radical (unpaired) electrons. The number of nitrogens with two attached hydrogens (primary N) is 1. The lowest BCUT2D eigenvalue weighted by Gasteiger charge is -2.19. The first kappa shape index (κ1) is 19.6. The first-order valence-electron chi connectivity index (χ1n) is 7.87. The van der Waals surface area contributed by atoms with E-state index >= 15 is 0 Å². The smallest absolute Gasteiger partial charge is 0.422 e. The third-order valence-corrected chi connectivity index (χ3v) is 3.18. The summed E-state index contributed by atoms with van der Waals surface area (Å²) in [5, 5.41) is 0. The maximum Gasteiger partial charge on any atom is 0.422 e. The van der Waals surface area contributed by atoms with Crippen LogP contribution in [-0.4, -0.2) is 24.4 Å². The van der Waals surface area contributed by atoms with E-state index in [0.717, 1.165) is 0 Å². The number of carbonyl (C=O) groups is 1. The first-order chi connectivity index (χ1) is 11.9. The van der Waals surface area contributed by atoms with Crippen LogP contribution in [0.25, 0.3) is 11.1 Å². The normalized spacial score (nSPS) is 11.9. The van der Waals surface area contributed by atoms with Gasteiger partial charge in [0.15, 0.2) is 6.61 Å². The summed E-state index contributed by atoms with van der Waals surface area (Å²) in [5.74, 6) is -0.431. The predicted octanol–water partition coefficient (Wildman–Crippen LogP) is 4.83. The third kappa shape index (κ3) is 5.98. The first-order valence-corrected chi connectivity index (χ1v) is 7.87. The molecular formula is C19H20F3NO3. The zero-order valence-corrected chi connectivity index (χ0v) is 14.7. The number of esters is 1. The molecular weight excluding hydrogens is 347 g/mol. The van der Waals surface area contributed by atoms with Gasteiger partial charge in [-0.25, -0.2) is 4.79 Å². The quantitative estimate of drug-likeness (QED) is 0.621. The van der Waals surface area contributed by atoms with Crippen molar-refractivity contribution >= 4 is 11.7 Å². The summed E-state index contributed by atoms with van der Waals surface area (Å²) < 4.78 is 46.9. The van der Waals surface area contributed by atoms with Crippen molar-refractivity contribution < 1.29 is 27.4 Å². The van der Waals surface area contributed by atoms with Gasteiger partial charge in [-0.1, -0.05) is 12.1 Å². The molecule has 0 saturated heterocycles. The Morgan fingerprint density at radius 2 is 1.62 bits per heavy atom. The van der Waals surface area contributed by atoms with Crippen molar-refractivity contribution in [2.45, 2.75) is 32.5 Å². The predicted molar refractivity (Wildman–Crippen MR) is 93.0 cm³/mol. The van der Waals surface area contributed by atoms with Crippen LogP contribution in [0.3, 0.4) is 0 Å². The maximum atomic E-state index is 12.3. The Morgan fingerprint density at radius 3 is 2.15 bits per heavy atom. The fraction of sp³-hybridized carbons (Fsp3) is 0.316. The van der Waals surface area contributed by atoms with Gasteiger partial charge in [0, 0.05) is 11.8 Å². The lowest BCUT2D eigenvalue weighted by atomic mass is 10.0. The number of hydrogen-bond acceptors (Lipinski definition) is 4. The van der Waals surface area contributed by atoms with E-state index in [1.807, 2.05) is 0 Å². The molecule has 0 aliphatic heterocycles.